The highest BCUT2D eigenvalue weighted by Gasteiger charge is 2.19. The highest BCUT2D eigenvalue weighted by atomic mass is 16.4. The summed E-state index contributed by atoms with van der Waals surface area (Å²) in [6, 6.07) is 17.1. The molecule has 4 nitrogen and oxygen atoms in total. The number of rotatable bonds is 3. The van der Waals surface area contributed by atoms with Gasteiger partial charge in [0, 0.05) is 11.1 Å². The van der Waals surface area contributed by atoms with E-state index in [1.54, 1.807) is 0 Å². The molecule has 4 heteroatoms. The molecule has 0 atom stereocenters. The average molecular weight is 278 g/mol. The molecule has 0 bridgehead atoms. The molecule has 0 fully saturated rings. The number of aryl methyl sites for hydroxylation is 1. The van der Waals surface area contributed by atoms with Crippen LogP contribution in [-0.2, 0) is 0 Å². The maximum atomic E-state index is 11.6. The topological polar surface area (TPSA) is 69.1 Å². The minimum absolute atomic E-state index is 0.150. The highest BCUT2D eigenvalue weighted by Crippen LogP contribution is 2.29. The van der Waals surface area contributed by atoms with Gasteiger partial charge in [-0.05, 0) is 19.1 Å². The summed E-state index contributed by atoms with van der Waals surface area (Å²) in [4.78, 5) is 15.8. The zero-order valence-electron chi connectivity index (χ0n) is 11.5. The van der Waals surface area contributed by atoms with Crippen LogP contribution < -0.4 is 5.73 Å². The van der Waals surface area contributed by atoms with Crippen molar-refractivity contribution >= 4 is 5.91 Å². The van der Waals surface area contributed by atoms with Gasteiger partial charge in [0.1, 0.15) is 0 Å². The van der Waals surface area contributed by atoms with E-state index in [9.17, 15) is 4.79 Å². The van der Waals surface area contributed by atoms with Crippen LogP contribution in [0.5, 0.6) is 0 Å². The molecule has 3 aromatic rings. The Hall–Kier alpha value is -2.88. The zero-order chi connectivity index (χ0) is 14.8. The molecule has 104 valence electrons. The second-order valence-corrected chi connectivity index (χ2v) is 4.79. The summed E-state index contributed by atoms with van der Waals surface area (Å²) in [5.74, 6) is 0.192. The quantitative estimate of drug-likeness (QED) is 0.798. The van der Waals surface area contributed by atoms with E-state index in [4.69, 9.17) is 10.2 Å². The third-order valence-corrected chi connectivity index (χ3v) is 3.20. The first kappa shape index (κ1) is 13.1. The van der Waals surface area contributed by atoms with Gasteiger partial charge in [-0.1, -0.05) is 48.0 Å². The van der Waals surface area contributed by atoms with Crippen molar-refractivity contribution in [2.45, 2.75) is 6.92 Å². The van der Waals surface area contributed by atoms with E-state index in [2.05, 4.69) is 4.98 Å². The maximum Gasteiger partial charge on any atom is 0.271 e. The van der Waals surface area contributed by atoms with E-state index in [0.717, 1.165) is 16.7 Å². The number of oxazole rings is 1. The molecular formula is C17H14N2O2. The number of primary amides is 1. The SMILES string of the molecule is Cc1ccc(-c2nc(C(N)=O)c(-c3ccccc3)o2)cc1. The second-order valence-electron chi connectivity index (χ2n) is 4.79. The van der Waals surface area contributed by atoms with Gasteiger partial charge < -0.3 is 10.2 Å². The van der Waals surface area contributed by atoms with Crippen LogP contribution >= 0.6 is 0 Å². The van der Waals surface area contributed by atoms with Gasteiger partial charge in [-0.2, -0.15) is 0 Å². The van der Waals surface area contributed by atoms with Crippen LogP contribution in [0.1, 0.15) is 16.1 Å². The lowest BCUT2D eigenvalue weighted by atomic mass is 10.1. The minimum atomic E-state index is -0.601. The van der Waals surface area contributed by atoms with Crippen molar-refractivity contribution in [3.8, 4) is 22.8 Å². The lowest BCUT2D eigenvalue weighted by molar-refractivity contribution is 0.0996. The van der Waals surface area contributed by atoms with Crippen molar-refractivity contribution in [3.05, 3.63) is 65.9 Å². The van der Waals surface area contributed by atoms with Gasteiger partial charge in [0.15, 0.2) is 11.5 Å². The molecule has 0 aliphatic carbocycles. The van der Waals surface area contributed by atoms with Crippen molar-refractivity contribution in [2.24, 2.45) is 5.73 Å². The first-order chi connectivity index (χ1) is 10.1. The van der Waals surface area contributed by atoms with Crippen LogP contribution in [0.3, 0.4) is 0 Å². The van der Waals surface area contributed by atoms with Gasteiger partial charge >= 0.3 is 0 Å². The van der Waals surface area contributed by atoms with Gasteiger partial charge in [0.05, 0.1) is 0 Å². The Morgan fingerprint density at radius 3 is 2.29 bits per heavy atom. The maximum absolute atomic E-state index is 11.6. The summed E-state index contributed by atoms with van der Waals surface area (Å²) in [7, 11) is 0. The van der Waals surface area contributed by atoms with Crippen molar-refractivity contribution in [1.82, 2.24) is 4.98 Å². The number of carbonyl (C=O) groups excluding carboxylic acids is 1. The summed E-state index contributed by atoms with van der Waals surface area (Å²) in [5.41, 5.74) is 8.28. The largest absolute Gasteiger partial charge is 0.435 e. The molecule has 0 saturated carbocycles. The molecule has 1 amide bonds. The summed E-state index contributed by atoms with van der Waals surface area (Å²) in [5, 5.41) is 0. The van der Waals surface area contributed by atoms with E-state index in [0.29, 0.717) is 11.7 Å². The van der Waals surface area contributed by atoms with E-state index in [1.165, 1.54) is 0 Å². The third-order valence-electron chi connectivity index (χ3n) is 3.20. The normalized spacial score (nSPS) is 10.5. The van der Waals surface area contributed by atoms with Crippen LogP contribution in [0, 0.1) is 6.92 Å². The fourth-order valence-corrected chi connectivity index (χ4v) is 2.09. The fourth-order valence-electron chi connectivity index (χ4n) is 2.09. The van der Waals surface area contributed by atoms with Crippen LogP contribution in [0.4, 0.5) is 0 Å². The lowest BCUT2D eigenvalue weighted by Crippen LogP contribution is -2.12. The third kappa shape index (κ3) is 2.56. The average Bonchev–Trinajstić information content (AvgIpc) is 2.94. The Balaban J connectivity index is 2.13. The lowest BCUT2D eigenvalue weighted by Gasteiger charge is -1.98. The van der Waals surface area contributed by atoms with E-state index in [1.807, 2.05) is 61.5 Å². The molecule has 0 spiro atoms. The van der Waals surface area contributed by atoms with Crippen molar-refractivity contribution in [2.75, 3.05) is 0 Å². The second kappa shape index (κ2) is 5.25. The number of hydrogen-bond donors (Lipinski definition) is 1. The Labute approximate surface area is 122 Å². The molecule has 1 aromatic heterocycles. The van der Waals surface area contributed by atoms with E-state index < -0.39 is 5.91 Å². The zero-order valence-corrected chi connectivity index (χ0v) is 11.5. The smallest absolute Gasteiger partial charge is 0.271 e. The molecule has 0 radical (unpaired) electrons. The number of aromatic nitrogens is 1. The Morgan fingerprint density at radius 2 is 1.67 bits per heavy atom. The number of benzene rings is 2. The number of nitrogens with zero attached hydrogens (tertiary/aromatic N) is 1. The summed E-state index contributed by atoms with van der Waals surface area (Å²) in [6.45, 7) is 2.00. The number of amides is 1. The Kier molecular flexibility index (Phi) is 3.28. The standard InChI is InChI=1S/C17H14N2O2/c1-11-7-9-13(10-8-11)17-19-14(16(18)20)15(21-17)12-5-3-2-4-6-12/h2-10H,1H3,(H2,18,20). The number of nitrogens with two attached hydrogens (primary N) is 1. The molecule has 21 heavy (non-hydrogen) atoms. The van der Waals surface area contributed by atoms with Crippen LogP contribution in [0.2, 0.25) is 0 Å². The van der Waals surface area contributed by atoms with Crippen molar-refractivity contribution in [1.29, 1.82) is 0 Å². The van der Waals surface area contributed by atoms with E-state index in [-0.39, 0.29) is 5.69 Å². The van der Waals surface area contributed by atoms with Crippen LogP contribution in [0.15, 0.2) is 59.0 Å². The predicted molar refractivity (Wildman–Crippen MR) is 80.6 cm³/mol. The summed E-state index contributed by atoms with van der Waals surface area (Å²) in [6.07, 6.45) is 0. The predicted octanol–water partition coefficient (Wildman–Crippen LogP) is 3.42. The van der Waals surface area contributed by atoms with Crippen LogP contribution in [0.25, 0.3) is 22.8 Å². The Morgan fingerprint density at radius 1 is 1.00 bits per heavy atom. The minimum Gasteiger partial charge on any atom is -0.435 e. The molecule has 0 aliphatic rings. The first-order valence-corrected chi connectivity index (χ1v) is 6.58. The monoisotopic (exact) mass is 278 g/mol. The van der Waals surface area contributed by atoms with Crippen LogP contribution in [-0.4, -0.2) is 10.9 Å². The Bertz CT molecular complexity index is 774. The summed E-state index contributed by atoms with van der Waals surface area (Å²) >= 11 is 0. The number of hydrogen-bond acceptors (Lipinski definition) is 3. The van der Waals surface area contributed by atoms with Gasteiger partial charge in [-0.3, -0.25) is 4.79 Å². The van der Waals surface area contributed by atoms with Gasteiger partial charge in [-0.15, -0.1) is 0 Å². The van der Waals surface area contributed by atoms with E-state index >= 15 is 0 Å². The molecule has 3 rings (SSSR count). The molecule has 2 aromatic carbocycles. The molecular weight excluding hydrogens is 264 g/mol. The molecule has 0 aliphatic heterocycles. The van der Waals surface area contributed by atoms with Gasteiger partial charge in [-0.25, -0.2) is 4.98 Å². The van der Waals surface area contributed by atoms with Crippen molar-refractivity contribution < 1.29 is 9.21 Å². The van der Waals surface area contributed by atoms with Crippen molar-refractivity contribution in [3.63, 3.8) is 0 Å². The van der Waals surface area contributed by atoms with Gasteiger partial charge in [0.2, 0.25) is 5.89 Å². The number of carbonyl (C=O) groups is 1. The highest BCUT2D eigenvalue weighted by molar-refractivity contribution is 5.97. The summed E-state index contributed by atoms with van der Waals surface area (Å²) < 4.78 is 5.78. The van der Waals surface area contributed by atoms with Gasteiger partial charge in [0.25, 0.3) is 5.91 Å². The molecule has 1 heterocycles. The fraction of sp³-hybridized carbons (Fsp3) is 0.0588. The molecule has 0 unspecified atom stereocenters. The molecule has 0 saturated heterocycles. The molecule has 2 N–H and O–H groups in total. The first-order valence-electron chi connectivity index (χ1n) is 6.58.